The van der Waals surface area contributed by atoms with E-state index in [1.807, 2.05) is 0 Å². The number of carbonyl (C=O) groups excluding carboxylic acids is 2. The van der Waals surface area contributed by atoms with Crippen LogP contribution in [0, 0.1) is 0 Å². The molecule has 0 unspecified atom stereocenters. The number of nitrogens with zero attached hydrogens (tertiary/aromatic N) is 4. The number of rotatable bonds is 3. The van der Waals surface area contributed by atoms with Crippen molar-refractivity contribution in [3.8, 4) is 0 Å². The van der Waals surface area contributed by atoms with Crippen LogP contribution in [-0.2, 0) is 24.4 Å². The summed E-state index contributed by atoms with van der Waals surface area (Å²) in [5, 5.41) is 0. The highest BCUT2D eigenvalue weighted by Crippen LogP contribution is 2.16. The minimum atomic E-state index is -0.566. The molecule has 0 saturated heterocycles. The molecule has 0 bridgehead atoms. The van der Waals surface area contributed by atoms with E-state index in [-0.39, 0.29) is 19.0 Å². The van der Waals surface area contributed by atoms with Crippen LogP contribution >= 0.6 is 0 Å². The summed E-state index contributed by atoms with van der Waals surface area (Å²) in [6.45, 7) is 0.989. The van der Waals surface area contributed by atoms with Crippen molar-refractivity contribution < 1.29 is 14.0 Å². The van der Waals surface area contributed by atoms with Gasteiger partial charge in [0.05, 0.1) is 18.3 Å². The molecule has 25 heavy (non-hydrogen) atoms. The molecule has 0 radical (unpaired) electrons. The molecule has 0 saturated carbocycles. The summed E-state index contributed by atoms with van der Waals surface area (Å²) in [6, 6.07) is 6.95. The second-order valence-electron chi connectivity index (χ2n) is 5.81. The fraction of sp³-hybridized carbons (Fsp3) is 0.250. The molecule has 128 valence electrons. The first kappa shape index (κ1) is 15.2. The molecule has 0 atom stereocenters. The number of hydrogen-bond acceptors (Lipinski definition) is 5. The molecule has 2 N–H and O–H groups in total. The van der Waals surface area contributed by atoms with Crippen LogP contribution in [0.15, 0.2) is 39.7 Å². The number of nitrogens with two attached hydrogens (primary N) is 1. The first-order valence-corrected chi connectivity index (χ1v) is 7.75. The Morgan fingerprint density at radius 2 is 2.04 bits per heavy atom. The van der Waals surface area contributed by atoms with Gasteiger partial charge in [-0.25, -0.2) is 9.78 Å². The number of oxazole rings is 1. The zero-order valence-corrected chi connectivity index (χ0v) is 13.2. The maximum absolute atomic E-state index is 12.6. The Balaban J connectivity index is 1.57. The summed E-state index contributed by atoms with van der Waals surface area (Å²) in [5.74, 6) is -0.736. The van der Waals surface area contributed by atoms with Gasteiger partial charge in [-0.2, -0.15) is 0 Å². The maximum Gasteiger partial charge on any atom is 0.420 e. The van der Waals surface area contributed by atoms with Crippen molar-refractivity contribution in [1.82, 2.24) is 19.0 Å². The summed E-state index contributed by atoms with van der Waals surface area (Å²) in [5.41, 5.74) is 6.66. The quantitative estimate of drug-likeness (QED) is 0.716. The van der Waals surface area contributed by atoms with Crippen LogP contribution in [0.1, 0.15) is 16.3 Å². The fourth-order valence-electron chi connectivity index (χ4n) is 3.07. The Kier molecular flexibility index (Phi) is 3.41. The van der Waals surface area contributed by atoms with E-state index in [0.29, 0.717) is 35.7 Å². The van der Waals surface area contributed by atoms with Gasteiger partial charge >= 0.3 is 5.76 Å². The van der Waals surface area contributed by atoms with Gasteiger partial charge in [0.2, 0.25) is 5.91 Å². The van der Waals surface area contributed by atoms with Crippen LogP contribution in [0.3, 0.4) is 0 Å². The molecule has 0 spiro atoms. The molecule has 0 fully saturated rings. The van der Waals surface area contributed by atoms with Crippen molar-refractivity contribution in [1.29, 1.82) is 0 Å². The van der Waals surface area contributed by atoms with Crippen molar-refractivity contribution in [2.45, 2.75) is 19.6 Å². The van der Waals surface area contributed by atoms with Crippen molar-refractivity contribution in [3.05, 3.63) is 52.5 Å². The van der Waals surface area contributed by atoms with Crippen LogP contribution in [0.25, 0.3) is 11.1 Å². The van der Waals surface area contributed by atoms with Crippen LogP contribution in [0.5, 0.6) is 0 Å². The highest BCUT2D eigenvalue weighted by molar-refractivity contribution is 5.91. The Morgan fingerprint density at radius 1 is 1.24 bits per heavy atom. The number of aromatic nitrogens is 3. The normalized spacial score (nSPS) is 13.8. The molecule has 9 nitrogen and oxygen atoms in total. The van der Waals surface area contributed by atoms with Crippen molar-refractivity contribution >= 4 is 22.9 Å². The van der Waals surface area contributed by atoms with E-state index in [1.165, 1.54) is 10.8 Å². The molecular weight excluding hydrogens is 326 g/mol. The monoisotopic (exact) mass is 341 g/mol. The fourth-order valence-corrected chi connectivity index (χ4v) is 3.07. The number of para-hydroxylation sites is 2. The van der Waals surface area contributed by atoms with E-state index in [1.54, 1.807) is 33.7 Å². The molecule has 9 heteroatoms. The van der Waals surface area contributed by atoms with Gasteiger partial charge in [-0.05, 0) is 12.1 Å². The number of primary amides is 1. The number of carbonyl (C=O) groups is 2. The molecule has 2 aromatic heterocycles. The van der Waals surface area contributed by atoms with Gasteiger partial charge in [-0.3, -0.25) is 14.2 Å². The molecule has 3 aromatic rings. The van der Waals surface area contributed by atoms with Crippen molar-refractivity contribution in [3.63, 3.8) is 0 Å². The molecule has 4 rings (SSSR count). The zero-order chi connectivity index (χ0) is 17.6. The lowest BCUT2D eigenvalue weighted by Crippen LogP contribution is -2.41. The average molecular weight is 341 g/mol. The third-order valence-corrected chi connectivity index (χ3v) is 4.34. The Hall–Kier alpha value is -3.36. The molecule has 1 aliphatic rings. The summed E-state index contributed by atoms with van der Waals surface area (Å²) in [6.07, 6.45) is 1.42. The summed E-state index contributed by atoms with van der Waals surface area (Å²) < 4.78 is 8.17. The van der Waals surface area contributed by atoms with Crippen LogP contribution < -0.4 is 11.5 Å². The van der Waals surface area contributed by atoms with Gasteiger partial charge in [-0.1, -0.05) is 12.1 Å². The molecular formula is C16H15N5O4. The molecule has 2 amide bonds. The van der Waals surface area contributed by atoms with E-state index in [2.05, 4.69) is 4.98 Å². The van der Waals surface area contributed by atoms with E-state index in [4.69, 9.17) is 10.2 Å². The van der Waals surface area contributed by atoms with E-state index in [9.17, 15) is 14.4 Å². The van der Waals surface area contributed by atoms with Crippen LogP contribution in [-0.4, -0.2) is 37.4 Å². The third kappa shape index (κ3) is 2.49. The van der Waals surface area contributed by atoms with E-state index >= 15 is 0 Å². The highest BCUT2D eigenvalue weighted by Gasteiger charge is 2.25. The number of amides is 2. The van der Waals surface area contributed by atoms with E-state index in [0.717, 1.165) is 0 Å². The SMILES string of the molecule is NC(=O)c1cnc2n1CCN(C(=O)Cn1c(=O)oc3ccccc31)C2. The van der Waals surface area contributed by atoms with Gasteiger partial charge in [-0.15, -0.1) is 0 Å². The number of hydrogen-bond donors (Lipinski definition) is 1. The maximum atomic E-state index is 12.6. The van der Waals surface area contributed by atoms with Gasteiger partial charge in [0, 0.05) is 13.1 Å². The number of imidazole rings is 1. The van der Waals surface area contributed by atoms with Gasteiger partial charge in [0.25, 0.3) is 5.91 Å². The highest BCUT2D eigenvalue weighted by atomic mass is 16.4. The first-order valence-electron chi connectivity index (χ1n) is 7.75. The Labute approximate surface area is 141 Å². The Bertz CT molecular complexity index is 1040. The topological polar surface area (TPSA) is 116 Å². The predicted molar refractivity (Wildman–Crippen MR) is 86.6 cm³/mol. The zero-order valence-electron chi connectivity index (χ0n) is 13.2. The standard InChI is InChI=1S/C16H15N5O4/c17-15(23)11-7-18-13-8-19(5-6-20(11)13)14(22)9-21-10-3-1-2-4-12(10)25-16(21)24/h1-4,7H,5-6,8-9H2,(H2,17,23). The predicted octanol–water partition coefficient (Wildman–Crippen LogP) is -0.0677. The summed E-state index contributed by atoms with van der Waals surface area (Å²) in [7, 11) is 0. The lowest BCUT2D eigenvalue weighted by molar-refractivity contribution is -0.133. The van der Waals surface area contributed by atoms with Gasteiger partial charge in [0.1, 0.15) is 18.1 Å². The lowest BCUT2D eigenvalue weighted by atomic mass is 10.3. The molecule has 1 aliphatic heterocycles. The molecule has 3 heterocycles. The minimum absolute atomic E-state index is 0.112. The minimum Gasteiger partial charge on any atom is -0.408 e. The molecule has 0 aliphatic carbocycles. The average Bonchev–Trinajstić information content (AvgIpc) is 3.16. The lowest BCUT2D eigenvalue weighted by Gasteiger charge is -2.28. The Morgan fingerprint density at radius 3 is 2.84 bits per heavy atom. The van der Waals surface area contributed by atoms with Crippen LogP contribution in [0.4, 0.5) is 0 Å². The van der Waals surface area contributed by atoms with Crippen molar-refractivity contribution in [2.24, 2.45) is 5.73 Å². The second kappa shape index (κ2) is 5.62. The summed E-state index contributed by atoms with van der Waals surface area (Å²) >= 11 is 0. The third-order valence-electron chi connectivity index (χ3n) is 4.34. The largest absolute Gasteiger partial charge is 0.420 e. The van der Waals surface area contributed by atoms with Crippen molar-refractivity contribution in [2.75, 3.05) is 6.54 Å². The first-order chi connectivity index (χ1) is 12.0. The molecule has 1 aromatic carbocycles. The van der Waals surface area contributed by atoms with Crippen LogP contribution in [0.2, 0.25) is 0 Å². The smallest absolute Gasteiger partial charge is 0.408 e. The van der Waals surface area contributed by atoms with Gasteiger partial charge in [0.15, 0.2) is 5.58 Å². The van der Waals surface area contributed by atoms with Gasteiger partial charge < -0.3 is 19.6 Å². The summed E-state index contributed by atoms with van der Waals surface area (Å²) in [4.78, 5) is 41.7. The number of benzene rings is 1. The second-order valence-corrected chi connectivity index (χ2v) is 5.81. The number of fused-ring (bicyclic) bond motifs is 2. The van der Waals surface area contributed by atoms with E-state index < -0.39 is 11.7 Å².